The van der Waals surface area contributed by atoms with Crippen LogP contribution in [0.4, 0.5) is 0 Å². The Morgan fingerprint density at radius 3 is 1.83 bits per heavy atom. The fourth-order valence-electron chi connectivity index (χ4n) is 1.84. The first-order valence-corrected chi connectivity index (χ1v) is 4.06. The van der Waals surface area contributed by atoms with E-state index >= 15 is 0 Å². The van der Waals surface area contributed by atoms with E-state index in [0.717, 1.165) is 4.48 Å². The van der Waals surface area contributed by atoms with E-state index in [1.807, 2.05) is 0 Å². The van der Waals surface area contributed by atoms with Crippen LogP contribution in [0.15, 0.2) is 24.3 Å². The van der Waals surface area contributed by atoms with Gasteiger partial charge in [-0.15, -0.1) is 0 Å². The lowest BCUT2D eigenvalue weighted by molar-refractivity contribution is -0.910. The highest BCUT2D eigenvalue weighted by Crippen LogP contribution is 2.25. The Balaban J connectivity index is 0.000000720. The Kier molecular flexibility index (Phi) is 2.59. The number of nitrogens with zero attached hydrogens (tertiary/aromatic N) is 1. The van der Waals surface area contributed by atoms with Crippen LogP contribution >= 0.6 is 0 Å². The molecule has 1 aromatic carbocycles. The van der Waals surface area contributed by atoms with Gasteiger partial charge in [-0.05, 0) is 0 Å². The Hall–Kier alpha value is -0.340. The number of benzene rings is 1. The van der Waals surface area contributed by atoms with Gasteiger partial charge in [0.15, 0.2) is 0 Å². The minimum atomic E-state index is 0. The van der Waals surface area contributed by atoms with E-state index in [4.69, 9.17) is 0 Å². The summed E-state index contributed by atoms with van der Waals surface area (Å²) < 4.78 is 1.11. The summed E-state index contributed by atoms with van der Waals surface area (Å²) in [6, 6.07) is 8.74. The number of quaternary nitrogens is 1. The van der Waals surface area contributed by atoms with Crippen LogP contribution in [-0.2, 0) is 13.1 Å². The highest BCUT2D eigenvalue weighted by Gasteiger charge is 2.26. The Morgan fingerprint density at radius 1 is 1.00 bits per heavy atom. The zero-order chi connectivity index (χ0) is 7.90. The van der Waals surface area contributed by atoms with Crippen LogP contribution < -0.4 is 17.0 Å². The van der Waals surface area contributed by atoms with Crippen molar-refractivity contribution in [3.63, 3.8) is 0 Å². The molecule has 0 saturated carbocycles. The molecule has 1 nitrogen and oxygen atoms in total. The second-order valence-corrected chi connectivity index (χ2v) is 4.02. The Morgan fingerprint density at radius 2 is 1.42 bits per heavy atom. The molecule has 1 aromatic rings. The second kappa shape index (κ2) is 3.19. The van der Waals surface area contributed by atoms with E-state index < -0.39 is 0 Å². The van der Waals surface area contributed by atoms with E-state index in [-0.39, 0.29) is 17.0 Å². The summed E-state index contributed by atoms with van der Waals surface area (Å²) in [5, 5.41) is 0. The summed E-state index contributed by atoms with van der Waals surface area (Å²) in [5.74, 6) is 0. The number of hydrogen-bond acceptors (Lipinski definition) is 0. The van der Waals surface area contributed by atoms with Crippen molar-refractivity contribution >= 4 is 0 Å². The molecule has 0 aliphatic carbocycles. The van der Waals surface area contributed by atoms with E-state index in [1.165, 1.54) is 24.2 Å². The van der Waals surface area contributed by atoms with Crippen molar-refractivity contribution in [2.75, 3.05) is 14.1 Å². The van der Waals surface area contributed by atoms with Crippen LogP contribution in [0.1, 0.15) is 11.1 Å². The molecule has 2 heteroatoms. The largest absolute Gasteiger partial charge is 1.00 e. The van der Waals surface area contributed by atoms with Crippen molar-refractivity contribution in [2.45, 2.75) is 13.1 Å². The quantitative estimate of drug-likeness (QED) is 0.488. The molecule has 1 aliphatic heterocycles. The van der Waals surface area contributed by atoms with E-state index in [9.17, 15) is 0 Å². The normalized spacial score (nSPS) is 18.2. The molecule has 0 unspecified atom stereocenters. The third-order valence-electron chi connectivity index (χ3n) is 2.32. The van der Waals surface area contributed by atoms with Gasteiger partial charge in [-0.3, -0.25) is 0 Å². The van der Waals surface area contributed by atoms with Crippen LogP contribution in [0.5, 0.6) is 0 Å². The van der Waals surface area contributed by atoms with Gasteiger partial charge < -0.3 is 21.5 Å². The standard InChI is InChI=1S/C10H14N.BrH/c1-11(2)7-9-5-3-4-6-10(9)8-11;/h3-6H,7-8H2,1-2H3;1H/q+1;/p-1. The summed E-state index contributed by atoms with van der Waals surface area (Å²) in [4.78, 5) is 0. The van der Waals surface area contributed by atoms with Crippen molar-refractivity contribution in [1.29, 1.82) is 0 Å². The van der Waals surface area contributed by atoms with E-state index in [1.54, 1.807) is 0 Å². The van der Waals surface area contributed by atoms with Gasteiger partial charge in [0.2, 0.25) is 0 Å². The molecule has 0 aromatic heterocycles. The molecular weight excluding hydrogens is 214 g/mol. The highest BCUT2D eigenvalue weighted by molar-refractivity contribution is 5.27. The van der Waals surface area contributed by atoms with E-state index in [2.05, 4.69) is 38.4 Å². The molecule has 0 fully saturated rings. The van der Waals surface area contributed by atoms with Crippen LogP contribution in [0.2, 0.25) is 0 Å². The smallest absolute Gasteiger partial charge is 0.105 e. The summed E-state index contributed by atoms with van der Waals surface area (Å²) in [7, 11) is 4.56. The van der Waals surface area contributed by atoms with Gasteiger partial charge in [0.05, 0.1) is 14.1 Å². The average Bonchev–Trinajstić information content (AvgIpc) is 2.21. The number of fused-ring (bicyclic) bond motifs is 1. The van der Waals surface area contributed by atoms with Gasteiger partial charge >= 0.3 is 0 Å². The molecule has 66 valence electrons. The maximum atomic E-state index is 2.28. The van der Waals surface area contributed by atoms with Crippen molar-refractivity contribution in [3.8, 4) is 0 Å². The van der Waals surface area contributed by atoms with Gasteiger partial charge in [-0.1, -0.05) is 24.3 Å². The predicted octanol–water partition coefficient (Wildman–Crippen LogP) is -1.22. The molecule has 1 aliphatic rings. The van der Waals surface area contributed by atoms with Gasteiger partial charge in [0, 0.05) is 11.1 Å². The maximum absolute atomic E-state index is 2.28. The molecule has 1 heterocycles. The lowest BCUT2D eigenvalue weighted by Crippen LogP contribution is -3.00. The predicted molar refractivity (Wildman–Crippen MR) is 46.0 cm³/mol. The number of hydrogen-bond donors (Lipinski definition) is 0. The second-order valence-electron chi connectivity index (χ2n) is 4.02. The monoisotopic (exact) mass is 227 g/mol. The van der Waals surface area contributed by atoms with Gasteiger partial charge in [-0.2, -0.15) is 0 Å². The minimum absolute atomic E-state index is 0. The van der Waals surface area contributed by atoms with Gasteiger partial charge in [0.1, 0.15) is 13.1 Å². The van der Waals surface area contributed by atoms with Gasteiger partial charge in [0.25, 0.3) is 0 Å². The van der Waals surface area contributed by atoms with Crippen LogP contribution in [0.3, 0.4) is 0 Å². The SMILES string of the molecule is C[N+]1(C)Cc2ccccc2C1.[Br-]. The molecule has 0 saturated heterocycles. The molecule has 0 radical (unpaired) electrons. The molecule has 0 atom stereocenters. The third kappa shape index (κ3) is 1.70. The first-order valence-electron chi connectivity index (χ1n) is 4.06. The highest BCUT2D eigenvalue weighted by atomic mass is 79.9. The molecule has 0 N–H and O–H groups in total. The topological polar surface area (TPSA) is 0 Å². The fraction of sp³-hybridized carbons (Fsp3) is 0.400. The van der Waals surface area contributed by atoms with E-state index in [0.29, 0.717) is 0 Å². The fourth-order valence-corrected chi connectivity index (χ4v) is 1.84. The maximum Gasteiger partial charge on any atom is 0.105 e. The molecule has 12 heavy (non-hydrogen) atoms. The zero-order valence-electron chi connectivity index (χ0n) is 7.55. The summed E-state index contributed by atoms with van der Waals surface area (Å²) in [6.45, 7) is 2.38. The van der Waals surface area contributed by atoms with Crippen molar-refractivity contribution in [2.24, 2.45) is 0 Å². The summed E-state index contributed by atoms with van der Waals surface area (Å²) >= 11 is 0. The molecule has 0 spiro atoms. The Labute approximate surface area is 84.4 Å². The lowest BCUT2D eigenvalue weighted by atomic mass is 10.1. The molecular formula is C10H14BrN. The first kappa shape index (κ1) is 9.75. The third-order valence-corrected chi connectivity index (χ3v) is 2.32. The number of halogens is 1. The molecule has 2 rings (SSSR count). The lowest BCUT2D eigenvalue weighted by Gasteiger charge is -2.22. The molecule has 0 bridgehead atoms. The van der Waals surface area contributed by atoms with Crippen molar-refractivity contribution in [3.05, 3.63) is 35.4 Å². The van der Waals surface area contributed by atoms with Crippen LogP contribution in [-0.4, -0.2) is 18.6 Å². The number of rotatable bonds is 0. The van der Waals surface area contributed by atoms with Gasteiger partial charge in [-0.25, -0.2) is 0 Å². The first-order chi connectivity index (χ1) is 5.17. The van der Waals surface area contributed by atoms with Crippen molar-refractivity contribution in [1.82, 2.24) is 0 Å². The summed E-state index contributed by atoms with van der Waals surface area (Å²) in [5.41, 5.74) is 3.05. The summed E-state index contributed by atoms with van der Waals surface area (Å²) in [6.07, 6.45) is 0. The molecule has 0 amide bonds. The van der Waals surface area contributed by atoms with Crippen molar-refractivity contribution < 1.29 is 21.5 Å². The average molecular weight is 228 g/mol. The van der Waals surface area contributed by atoms with Crippen LogP contribution in [0, 0.1) is 0 Å². The minimum Gasteiger partial charge on any atom is -1.00 e. The zero-order valence-corrected chi connectivity index (χ0v) is 9.13. The Bertz CT molecular complexity index is 254. The van der Waals surface area contributed by atoms with Crippen LogP contribution in [0.25, 0.3) is 0 Å².